The highest BCUT2D eigenvalue weighted by Gasteiger charge is 2.29. The Labute approximate surface area is 185 Å². The standard InChI is InChI=1S/C22H18F3N5OS/c1-2-15-13-20-26-11-10-19(30(20)29-15)14-4-3-5-17(12-14)28-21(31)27-16-6-8-18(9-7-16)32-22(23,24)25/h3-13H,2H2,1H3,(H2,27,28,31). The normalized spacial score (nSPS) is 11.5. The van der Waals surface area contributed by atoms with Gasteiger partial charge in [-0.25, -0.2) is 14.3 Å². The largest absolute Gasteiger partial charge is 0.446 e. The number of fused-ring (bicyclic) bond motifs is 1. The van der Waals surface area contributed by atoms with Crippen LogP contribution < -0.4 is 10.6 Å². The van der Waals surface area contributed by atoms with E-state index in [0.717, 1.165) is 29.0 Å². The lowest BCUT2D eigenvalue weighted by Gasteiger charge is -2.11. The highest BCUT2D eigenvalue weighted by molar-refractivity contribution is 8.00. The van der Waals surface area contributed by atoms with Crippen molar-refractivity contribution in [2.75, 3.05) is 10.6 Å². The number of amides is 2. The average Bonchev–Trinajstić information content (AvgIpc) is 3.18. The Bertz CT molecular complexity index is 1250. The van der Waals surface area contributed by atoms with Crippen LogP contribution in [0.25, 0.3) is 16.9 Å². The maximum Gasteiger partial charge on any atom is 0.446 e. The number of anilines is 2. The Kier molecular flexibility index (Phi) is 6.04. The maximum atomic E-state index is 12.4. The van der Waals surface area contributed by atoms with Gasteiger partial charge in [-0.2, -0.15) is 18.3 Å². The van der Waals surface area contributed by atoms with E-state index in [9.17, 15) is 18.0 Å². The minimum atomic E-state index is -4.36. The lowest BCUT2D eigenvalue weighted by Crippen LogP contribution is -2.19. The van der Waals surface area contributed by atoms with Gasteiger partial charge in [0.25, 0.3) is 0 Å². The molecule has 2 aromatic heterocycles. The van der Waals surface area contributed by atoms with Gasteiger partial charge in [0, 0.05) is 34.1 Å². The number of hydrogen-bond donors (Lipinski definition) is 2. The molecule has 0 saturated carbocycles. The molecule has 2 amide bonds. The van der Waals surface area contributed by atoms with E-state index < -0.39 is 11.5 Å². The van der Waals surface area contributed by atoms with Crippen molar-refractivity contribution in [3.8, 4) is 11.3 Å². The molecule has 6 nitrogen and oxygen atoms in total. The summed E-state index contributed by atoms with van der Waals surface area (Å²) in [5, 5.41) is 9.92. The number of nitrogens with zero attached hydrogens (tertiary/aromatic N) is 3. The van der Waals surface area contributed by atoms with Crippen LogP contribution in [0.5, 0.6) is 0 Å². The summed E-state index contributed by atoms with van der Waals surface area (Å²) in [6.07, 6.45) is 2.50. The molecule has 4 aromatic rings. The van der Waals surface area contributed by atoms with Gasteiger partial charge in [-0.1, -0.05) is 19.1 Å². The van der Waals surface area contributed by atoms with Gasteiger partial charge >= 0.3 is 11.5 Å². The lowest BCUT2D eigenvalue weighted by molar-refractivity contribution is -0.0328. The first-order chi connectivity index (χ1) is 15.3. The van der Waals surface area contributed by atoms with Gasteiger partial charge < -0.3 is 10.6 Å². The SMILES string of the molecule is CCc1cc2nccc(-c3cccc(NC(=O)Nc4ccc(SC(F)(F)F)cc4)c3)n2n1. The molecule has 4 rings (SSSR count). The second-order valence-electron chi connectivity index (χ2n) is 6.82. The zero-order chi connectivity index (χ0) is 22.7. The van der Waals surface area contributed by atoms with Gasteiger partial charge in [0.1, 0.15) is 0 Å². The molecule has 0 radical (unpaired) electrons. The Morgan fingerprint density at radius 3 is 2.50 bits per heavy atom. The third kappa shape index (κ3) is 5.20. The molecule has 0 atom stereocenters. The fourth-order valence-corrected chi connectivity index (χ4v) is 3.66. The first-order valence-electron chi connectivity index (χ1n) is 9.68. The maximum absolute atomic E-state index is 12.4. The molecule has 2 N–H and O–H groups in total. The van der Waals surface area contributed by atoms with E-state index in [1.807, 2.05) is 37.3 Å². The number of hydrogen-bond acceptors (Lipinski definition) is 4. The van der Waals surface area contributed by atoms with E-state index in [1.54, 1.807) is 16.8 Å². The zero-order valence-electron chi connectivity index (χ0n) is 16.8. The van der Waals surface area contributed by atoms with Gasteiger partial charge in [0.2, 0.25) is 0 Å². The zero-order valence-corrected chi connectivity index (χ0v) is 17.7. The topological polar surface area (TPSA) is 71.3 Å². The van der Waals surface area contributed by atoms with Gasteiger partial charge in [-0.3, -0.25) is 0 Å². The molecule has 0 aliphatic rings. The van der Waals surface area contributed by atoms with Crippen LogP contribution in [0.1, 0.15) is 12.6 Å². The van der Waals surface area contributed by atoms with Crippen molar-refractivity contribution in [3.05, 3.63) is 72.6 Å². The Morgan fingerprint density at radius 1 is 1.03 bits per heavy atom. The predicted molar refractivity (Wildman–Crippen MR) is 119 cm³/mol. The van der Waals surface area contributed by atoms with Gasteiger partial charge in [-0.15, -0.1) is 0 Å². The monoisotopic (exact) mass is 457 g/mol. The molecule has 10 heteroatoms. The summed E-state index contributed by atoms with van der Waals surface area (Å²) in [4.78, 5) is 16.7. The van der Waals surface area contributed by atoms with Crippen LogP contribution in [-0.4, -0.2) is 26.1 Å². The van der Waals surface area contributed by atoms with Crippen molar-refractivity contribution in [1.82, 2.24) is 14.6 Å². The molecule has 0 bridgehead atoms. The van der Waals surface area contributed by atoms with Gasteiger partial charge in [0.15, 0.2) is 5.65 Å². The molecule has 0 unspecified atom stereocenters. The number of aryl methyl sites for hydroxylation is 1. The number of nitrogens with one attached hydrogen (secondary N) is 2. The number of alkyl halides is 3. The minimum Gasteiger partial charge on any atom is -0.308 e. The number of thioether (sulfide) groups is 1. The van der Waals surface area contributed by atoms with Crippen LogP contribution >= 0.6 is 11.8 Å². The first-order valence-corrected chi connectivity index (χ1v) is 10.5. The Hall–Kier alpha value is -3.53. The quantitative estimate of drug-likeness (QED) is 0.349. The van der Waals surface area contributed by atoms with E-state index in [-0.39, 0.29) is 16.7 Å². The molecular formula is C22H18F3N5OS. The number of carbonyl (C=O) groups is 1. The number of rotatable bonds is 5. The number of benzene rings is 2. The van der Waals surface area contributed by atoms with E-state index in [0.29, 0.717) is 11.4 Å². The molecule has 0 aliphatic heterocycles. The molecule has 0 spiro atoms. The molecule has 0 fully saturated rings. The number of halogens is 3. The van der Waals surface area contributed by atoms with Crippen molar-refractivity contribution in [2.45, 2.75) is 23.7 Å². The van der Waals surface area contributed by atoms with Crippen LogP contribution in [0.2, 0.25) is 0 Å². The van der Waals surface area contributed by atoms with Crippen LogP contribution in [0, 0.1) is 0 Å². The summed E-state index contributed by atoms with van der Waals surface area (Å²) in [5.74, 6) is 0. The van der Waals surface area contributed by atoms with Crippen molar-refractivity contribution in [3.63, 3.8) is 0 Å². The third-order valence-electron chi connectivity index (χ3n) is 4.53. The molecule has 2 aromatic carbocycles. The highest BCUT2D eigenvalue weighted by atomic mass is 32.2. The summed E-state index contributed by atoms with van der Waals surface area (Å²) in [7, 11) is 0. The summed E-state index contributed by atoms with van der Waals surface area (Å²) < 4.78 is 39.1. The molecule has 32 heavy (non-hydrogen) atoms. The first kappa shape index (κ1) is 21.7. The van der Waals surface area contributed by atoms with E-state index >= 15 is 0 Å². The Morgan fingerprint density at radius 2 is 1.78 bits per heavy atom. The summed E-state index contributed by atoms with van der Waals surface area (Å²) in [6.45, 7) is 2.02. The summed E-state index contributed by atoms with van der Waals surface area (Å²) in [5.41, 5.74) is -0.0833. The fourth-order valence-electron chi connectivity index (χ4n) is 3.12. The van der Waals surface area contributed by atoms with E-state index in [1.165, 1.54) is 24.3 Å². The minimum absolute atomic E-state index is 0.0460. The van der Waals surface area contributed by atoms with Crippen LogP contribution in [0.15, 0.2) is 71.8 Å². The number of carbonyl (C=O) groups excluding carboxylic acids is 1. The van der Waals surface area contributed by atoms with Crippen LogP contribution in [0.4, 0.5) is 29.3 Å². The van der Waals surface area contributed by atoms with Crippen molar-refractivity contribution >= 4 is 34.8 Å². The highest BCUT2D eigenvalue weighted by Crippen LogP contribution is 2.37. The fraction of sp³-hybridized carbons (Fsp3) is 0.136. The second-order valence-corrected chi connectivity index (χ2v) is 7.96. The number of aromatic nitrogens is 3. The lowest BCUT2D eigenvalue weighted by atomic mass is 10.1. The second kappa shape index (κ2) is 8.91. The smallest absolute Gasteiger partial charge is 0.308 e. The molecule has 2 heterocycles. The van der Waals surface area contributed by atoms with Gasteiger partial charge in [-0.05, 0) is 60.6 Å². The third-order valence-corrected chi connectivity index (χ3v) is 5.27. The molecule has 164 valence electrons. The Balaban J connectivity index is 1.47. The predicted octanol–water partition coefficient (Wildman–Crippen LogP) is 6.21. The average molecular weight is 457 g/mol. The van der Waals surface area contributed by atoms with Gasteiger partial charge in [0.05, 0.1) is 11.4 Å². The molecular weight excluding hydrogens is 439 g/mol. The van der Waals surface area contributed by atoms with Crippen molar-refractivity contribution in [2.24, 2.45) is 0 Å². The van der Waals surface area contributed by atoms with E-state index in [2.05, 4.69) is 20.7 Å². The van der Waals surface area contributed by atoms with Crippen LogP contribution in [-0.2, 0) is 6.42 Å². The van der Waals surface area contributed by atoms with Crippen LogP contribution in [0.3, 0.4) is 0 Å². The summed E-state index contributed by atoms with van der Waals surface area (Å²) >= 11 is -0.206. The summed E-state index contributed by atoms with van der Waals surface area (Å²) in [6, 6.07) is 16.0. The molecule has 0 saturated heterocycles. The molecule has 0 aliphatic carbocycles. The number of urea groups is 1. The van der Waals surface area contributed by atoms with Crippen molar-refractivity contribution in [1.29, 1.82) is 0 Å². The van der Waals surface area contributed by atoms with Crippen molar-refractivity contribution < 1.29 is 18.0 Å². The van der Waals surface area contributed by atoms with E-state index in [4.69, 9.17) is 0 Å².